The van der Waals surface area contributed by atoms with Crippen molar-refractivity contribution in [1.82, 2.24) is 5.32 Å². The zero-order valence-electron chi connectivity index (χ0n) is 22.2. The van der Waals surface area contributed by atoms with Gasteiger partial charge in [-0.05, 0) is 38.9 Å². The van der Waals surface area contributed by atoms with E-state index in [2.05, 4.69) is 17.4 Å². The molecule has 5 aromatic rings. The first-order chi connectivity index (χ1) is 19.7. The number of ether oxygens (including phenoxy) is 1. The van der Waals surface area contributed by atoms with E-state index in [0.717, 1.165) is 38.9 Å². The number of carbonyl (C=O) groups is 2. The van der Waals surface area contributed by atoms with E-state index in [9.17, 15) is 9.59 Å². The van der Waals surface area contributed by atoms with Crippen molar-refractivity contribution < 1.29 is 14.3 Å². The van der Waals surface area contributed by atoms with Crippen molar-refractivity contribution in [3.05, 3.63) is 167 Å². The summed E-state index contributed by atoms with van der Waals surface area (Å²) in [5, 5.41) is 3.21. The highest BCUT2D eigenvalue weighted by Crippen LogP contribution is 2.47. The molecule has 0 fully saturated rings. The molecule has 6 rings (SSSR count). The first kappa shape index (κ1) is 25.3. The summed E-state index contributed by atoms with van der Waals surface area (Å²) in [6.45, 7) is 0. The second-order valence-corrected chi connectivity index (χ2v) is 9.97. The molecule has 40 heavy (non-hydrogen) atoms. The van der Waals surface area contributed by atoms with Gasteiger partial charge >= 0.3 is 5.97 Å². The zero-order chi connectivity index (χ0) is 27.5. The highest BCUT2D eigenvalue weighted by molar-refractivity contribution is 5.99. The van der Waals surface area contributed by atoms with Gasteiger partial charge in [-0.25, -0.2) is 4.79 Å². The van der Waals surface area contributed by atoms with Crippen molar-refractivity contribution >= 4 is 11.9 Å². The van der Waals surface area contributed by atoms with E-state index in [0.29, 0.717) is 0 Å². The quantitative estimate of drug-likeness (QED) is 0.196. The van der Waals surface area contributed by atoms with Crippen LogP contribution in [0, 0.1) is 0 Å². The summed E-state index contributed by atoms with van der Waals surface area (Å²) in [4.78, 5) is 28.5. The molecule has 1 atom stereocenters. The van der Waals surface area contributed by atoms with E-state index >= 15 is 0 Å². The van der Waals surface area contributed by atoms with Crippen LogP contribution in [0.4, 0.5) is 0 Å². The zero-order valence-corrected chi connectivity index (χ0v) is 22.2. The third-order valence-electron chi connectivity index (χ3n) is 7.92. The Morgan fingerprint density at radius 2 is 0.975 bits per heavy atom. The third kappa shape index (κ3) is 4.09. The number of rotatable bonds is 7. The lowest BCUT2D eigenvalue weighted by Crippen LogP contribution is -2.54. The molecule has 0 spiro atoms. The molecule has 5 aromatic carbocycles. The van der Waals surface area contributed by atoms with Crippen LogP contribution in [0.5, 0.6) is 0 Å². The highest BCUT2D eigenvalue weighted by Gasteiger charge is 2.47. The van der Waals surface area contributed by atoms with Crippen LogP contribution in [-0.2, 0) is 19.7 Å². The second-order valence-electron chi connectivity index (χ2n) is 9.97. The fourth-order valence-corrected chi connectivity index (χ4v) is 6.17. The Labute approximate surface area is 234 Å². The number of benzene rings is 5. The maximum absolute atomic E-state index is 15.0. The van der Waals surface area contributed by atoms with E-state index in [-0.39, 0.29) is 5.91 Å². The Kier molecular flexibility index (Phi) is 6.75. The van der Waals surface area contributed by atoms with Crippen molar-refractivity contribution in [3.63, 3.8) is 0 Å². The van der Waals surface area contributed by atoms with E-state index in [1.807, 2.05) is 127 Å². The largest absolute Gasteiger partial charge is 0.467 e. The summed E-state index contributed by atoms with van der Waals surface area (Å²) in [6.07, 6.45) is 0. The molecule has 196 valence electrons. The van der Waals surface area contributed by atoms with E-state index in [1.54, 1.807) is 0 Å². The van der Waals surface area contributed by atoms with Crippen LogP contribution in [0.25, 0.3) is 11.1 Å². The van der Waals surface area contributed by atoms with Crippen molar-refractivity contribution in [2.75, 3.05) is 7.11 Å². The summed E-state index contributed by atoms with van der Waals surface area (Å²) >= 11 is 0. The van der Waals surface area contributed by atoms with Gasteiger partial charge in [-0.15, -0.1) is 0 Å². The Morgan fingerprint density at radius 1 is 0.600 bits per heavy atom. The highest BCUT2D eigenvalue weighted by atomic mass is 16.5. The van der Waals surface area contributed by atoms with Gasteiger partial charge in [0.1, 0.15) is 11.5 Å². The monoisotopic (exact) mass is 523 g/mol. The van der Waals surface area contributed by atoms with Crippen LogP contribution < -0.4 is 5.32 Å². The Morgan fingerprint density at radius 3 is 1.38 bits per heavy atom. The Hall–Kier alpha value is -4.96. The van der Waals surface area contributed by atoms with E-state index in [4.69, 9.17) is 4.74 Å². The molecule has 4 heteroatoms. The lowest BCUT2D eigenvalue weighted by molar-refractivity contribution is -0.145. The molecule has 0 radical (unpaired) electrons. The molecular formula is C36H29NO3. The molecule has 0 bridgehead atoms. The van der Waals surface area contributed by atoms with Gasteiger partial charge < -0.3 is 10.1 Å². The number of hydrogen-bond acceptors (Lipinski definition) is 3. The Bertz CT molecular complexity index is 1510. The standard InChI is InChI=1S/C36H29NO3/c1-40-34(38)33(32-30-23-13-11-21-28(30)29-22-12-14-24-31(29)32)37-35(39)36(25-15-5-2-6-16-25,26-17-7-3-8-18-26)27-19-9-4-10-20-27/h2-24,32-33H,1H3,(H,37,39)/t33-/m1/s1. The minimum atomic E-state index is -1.21. The predicted molar refractivity (Wildman–Crippen MR) is 157 cm³/mol. The molecule has 0 aromatic heterocycles. The molecule has 0 aliphatic heterocycles. The molecular weight excluding hydrogens is 494 g/mol. The van der Waals surface area contributed by atoms with Gasteiger partial charge in [0.05, 0.1) is 7.11 Å². The summed E-state index contributed by atoms with van der Waals surface area (Å²) in [5.74, 6) is -1.19. The molecule has 1 amide bonds. The molecule has 1 aliphatic rings. The van der Waals surface area contributed by atoms with Crippen LogP contribution in [0.2, 0.25) is 0 Å². The molecule has 1 aliphatic carbocycles. The van der Waals surface area contributed by atoms with Crippen molar-refractivity contribution in [3.8, 4) is 11.1 Å². The predicted octanol–water partition coefficient (Wildman–Crippen LogP) is 6.49. The molecule has 0 saturated carbocycles. The maximum Gasteiger partial charge on any atom is 0.329 e. The first-order valence-electron chi connectivity index (χ1n) is 13.4. The van der Waals surface area contributed by atoms with Crippen molar-refractivity contribution in [2.45, 2.75) is 17.4 Å². The number of hydrogen-bond donors (Lipinski definition) is 1. The number of nitrogens with one attached hydrogen (secondary N) is 1. The van der Waals surface area contributed by atoms with Crippen LogP contribution in [0.3, 0.4) is 0 Å². The van der Waals surface area contributed by atoms with E-state index < -0.39 is 23.3 Å². The molecule has 1 N–H and O–H groups in total. The van der Waals surface area contributed by atoms with Crippen LogP contribution in [0.15, 0.2) is 140 Å². The minimum absolute atomic E-state index is 0.298. The second kappa shape index (κ2) is 10.7. The average Bonchev–Trinajstić information content (AvgIpc) is 3.36. The van der Waals surface area contributed by atoms with Crippen molar-refractivity contribution in [1.29, 1.82) is 0 Å². The molecule has 0 saturated heterocycles. The minimum Gasteiger partial charge on any atom is -0.467 e. The fourth-order valence-electron chi connectivity index (χ4n) is 6.17. The van der Waals surface area contributed by atoms with Gasteiger partial charge in [0, 0.05) is 5.92 Å². The van der Waals surface area contributed by atoms with Gasteiger partial charge in [0.15, 0.2) is 0 Å². The smallest absolute Gasteiger partial charge is 0.329 e. The number of methoxy groups -OCH3 is 1. The lowest BCUT2D eigenvalue weighted by atomic mass is 9.68. The number of amides is 1. The Balaban J connectivity index is 1.55. The van der Waals surface area contributed by atoms with Crippen molar-refractivity contribution in [2.24, 2.45) is 0 Å². The summed E-state index contributed by atoms with van der Waals surface area (Å²) < 4.78 is 5.33. The van der Waals surface area contributed by atoms with Gasteiger partial charge in [-0.2, -0.15) is 0 Å². The van der Waals surface area contributed by atoms with Gasteiger partial charge in [-0.3, -0.25) is 4.79 Å². The molecule has 0 heterocycles. The average molecular weight is 524 g/mol. The number of fused-ring (bicyclic) bond motifs is 3. The molecule has 4 nitrogen and oxygen atoms in total. The van der Waals surface area contributed by atoms with Gasteiger partial charge in [0.2, 0.25) is 5.91 Å². The number of esters is 1. The molecule has 0 unspecified atom stereocenters. The SMILES string of the molecule is COC(=O)[C@H](NC(=O)C(c1ccccc1)(c1ccccc1)c1ccccc1)C1c2ccccc2-c2ccccc21. The summed E-state index contributed by atoms with van der Waals surface area (Å²) in [6, 6.07) is 44.4. The maximum atomic E-state index is 15.0. The number of carbonyl (C=O) groups excluding carboxylic acids is 2. The van der Waals surface area contributed by atoms with Crippen LogP contribution in [-0.4, -0.2) is 25.0 Å². The van der Waals surface area contributed by atoms with E-state index in [1.165, 1.54) is 7.11 Å². The topological polar surface area (TPSA) is 55.4 Å². The summed E-state index contributed by atoms with van der Waals surface area (Å²) in [7, 11) is 1.37. The third-order valence-corrected chi connectivity index (χ3v) is 7.92. The van der Waals surface area contributed by atoms with Gasteiger partial charge in [-0.1, -0.05) is 140 Å². The van der Waals surface area contributed by atoms with Crippen LogP contribution in [0.1, 0.15) is 33.7 Å². The lowest BCUT2D eigenvalue weighted by Gasteiger charge is -2.36. The fraction of sp³-hybridized carbons (Fsp3) is 0.111. The summed E-state index contributed by atoms with van der Waals surface area (Å²) in [5.41, 5.74) is 5.31. The van der Waals surface area contributed by atoms with Crippen LogP contribution >= 0.6 is 0 Å². The first-order valence-corrected chi connectivity index (χ1v) is 13.4. The normalized spacial score (nSPS) is 13.1. The van der Waals surface area contributed by atoms with Gasteiger partial charge in [0.25, 0.3) is 0 Å².